The SMILES string of the molecule is CC1=C(C)CC2=C([CH]1)CC[C@H](C)C2C. The maximum atomic E-state index is 2.43. The van der Waals surface area contributed by atoms with E-state index >= 15 is 0 Å². The summed E-state index contributed by atoms with van der Waals surface area (Å²) in [5.41, 5.74) is 6.46. The van der Waals surface area contributed by atoms with Crippen molar-refractivity contribution >= 4 is 0 Å². The number of hydrogen-bond donors (Lipinski definition) is 0. The molecular formula is C14H21. The lowest BCUT2D eigenvalue weighted by atomic mass is 9.71. The Balaban J connectivity index is 2.26. The van der Waals surface area contributed by atoms with Crippen LogP contribution in [0.1, 0.15) is 47.0 Å². The minimum Gasteiger partial charge on any atom is -0.0697 e. The van der Waals surface area contributed by atoms with Crippen LogP contribution in [-0.2, 0) is 0 Å². The average molecular weight is 189 g/mol. The second-order valence-corrected chi connectivity index (χ2v) is 5.14. The first-order valence-electron chi connectivity index (χ1n) is 5.82. The molecule has 0 heterocycles. The molecule has 2 aliphatic carbocycles. The Morgan fingerprint density at radius 3 is 2.64 bits per heavy atom. The normalized spacial score (nSPS) is 33.4. The van der Waals surface area contributed by atoms with Crippen LogP contribution in [0.4, 0.5) is 0 Å². The Hall–Kier alpha value is -0.520. The first-order valence-corrected chi connectivity index (χ1v) is 5.82. The molecule has 2 aliphatic rings. The minimum atomic E-state index is 0.804. The van der Waals surface area contributed by atoms with Gasteiger partial charge in [0.05, 0.1) is 0 Å². The fraction of sp³-hybridized carbons (Fsp3) is 0.643. The Kier molecular flexibility index (Phi) is 2.55. The molecule has 0 aliphatic heterocycles. The predicted octanol–water partition coefficient (Wildman–Crippen LogP) is 4.29. The van der Waals surface area contributed by atoms with E-state index in [1.165, 1.54) is 24.8 Å². The van der Waals surface area contributed by atoms with Crippen molar-refractivity contribution in [2.24, 2.45) is 11.8 Å². The summed E-state index contributed by atoms with van der Waals surface area (Å²) < 4.78 is 0. The van der Waals surface area contributed by atoms with Crippen LogP contribution >= 0.6 is 0 Å². The van der Waals surface area contributed by atoms with Gasteiger partial charge in [-0.05, 0) is 44.9 Å². The van der Waals surface area contributed by atoms with E-state index in [-0.39, 0.29) is 0 Å². The molecule has 77 valence electrons. The van der Waals surface area contributed by atoms with Crippen LogP contribution in [0.15, 0.2) is 22.3 Å². The molecule has 0 saturated heterocycles. The summed E-state index contributed by atoms with van der Waals surface area (Å²) in [5, 5.41) is 0. The van der Waals surface area contributed by atoms with Gasteiger partial charge in [0.2, 0.25) is 0 Å². The highest BCUT2D eigenvalue weighted by atomic mass is 14.3. The highest BCUT2D eigenvalue weighted by Crippen LogP contribution is 2.42. The molecular weight excluding hydrogens is 168 g/mol. The summed E-state index contributed by atoms with van der Waals surface area (Å²) in [5.74, 6) is 1.69. The van der Waals surface area contributed by atoms with Gasteiger partial charge in [0.15, 0.2) is 0 Å². The van der Waals surface area contributed by atoms with Crippen LogP contribution in [0.2, 0.25) is 0 Å². The van der Waals surface area contributed by atoms with Crippen molar-refractivity contribution in [1.82, 2.24) is 0 Å². The lowest BCUT2D eigenvalue weighted by molar-refractivity contribution is 0.377. The molecule has 0 N–H and O–H groups in total. The summed E-state index contributed by atoms with van der Waals surface area (Å²) in [6.45, 7) is 9.33. The van der Waals surface area contributed by atoms with Crippen LogP contribution in [0, 0.1) is 18.3 Å². The van der Waals surface area contributed by atoms with Crippen molar-refractivity contribution < 1.29 is 0 Å². The molecule has 0 nitrogen and oxygen atoms in total. The quantitative estimate of drug-likeness (QED) is 0.533. The summed E-state index contributed by atoms with van der Waals surface area (Å²) in [4.78, 5) is 0. The van der Waals surface area contributed by atoms with E-state index in [2.05, 4.69) is 34.1 Å². The highest BCUT2D eigenvalue weighted by Gasteiger charge is 2.27. The van der Waals surface area contributed by atoms with Gasteiger partial charge in [0, 0.05) is 6.42 Å². The first-order chi connectivity index (χ1) is 6.59. The molecule has 14 heavy (non-hydrogen) atoms. The van der Waals surface area contributed by atoms with E-state index in [0.29, 0.717) is 0 Å². The average Bonchev–Trinajstić information content (AvgIpc) is 2.15. The van der Waals surface area contributed by atoms with Crippen LogP contribution in [0.3, 0.4) is 0 Å². The lowest BCUT2D eigenvalue weighted by Crippen LogP contribution is -2.21. The number of hydrogen-bond acceptors (Lipinski definition) is 0. The van der Waals surface area contributed by atoms with E-state index in [1.54, 1.807) is 16.7 Å². The van der Waals surface area contributed by atoms with Gasteiger partial charge in [-0.2, -0.15) is 0 Å². The van der Waals surface area contributed by atoms with Gasteiger partial charge in [-0.15, -0.1) is 0 Å². The van der Waals surface area contributed by atoms with Gasteiger partial charge in [-0.3, -0.25) is 0 Å². The Labute approximate surface area is 88.1 Å². The lowest BCUT2D eigenvalue weighted by Gasteiger charge is -2.35. The molecule has 0 fully saturated rings. The van der Waals surface area contributed by atoms with Gasteiger partial charge in [0.1, 0.15) is 0 Å². The fourth-order valence-corrected chi connectivity index (χ4v) is 2.68. The van der Waals surface area contributed by atoms with Gasteiger partial charge in [0.25, 0.3) is 0 Å². The Morgan fingerprint density at radius 1 is 1.21 bits per heavy atom. The summed E-state index contributed by atoms with van der Waals surface area (Å²) in [6, 6.07) is 0. The zero-order chi connectivity index (χ0) is 10.3. The minimum absolute atomic E-state index is 0.804. The zero-order valence-corrected chi connectivity index (χ0v) is 9.85. The third-order valence-electron chi connectivity index (χ3n) is 4.20. The van der Waals surface area contributed by atoms with E-state index in [4.69, 9.17) is 0 Å². The second kappa shape index (κ2) is 3.56. The van der Waals surface area contributed by atoms with E-state index in [0.717, 1.165) is 11.8 Å². The molecule has 0 aromatic carbocycles. The molecule has 1 unspecified atom stereocenters. The van der Waals surface area contributed by atoms with Crippen LogP contribution in [0.5, 0.6) is 0 Å². The standard InChI is InChI=1S/C14H21/c1-9-5-6-13-7-10(2)11(3)8-14(13)12(9)4/h7,9,12H,5-6,8H2,1-4H3/t9-,12?/m0/s1. The molecule has 0 heteroatoms. The van der Waals surface area contributed by atoms with Crippen LogP contribution < -0.4 is 0 Å². The van der Waals surface area contributed by atoms with Gasteiger partial charge < -0.3 is 0 Å². The Bertz CT molecular complexity index is 304. The molecule has 0 aromatic rings. The van der Waals surface area contributed by atoms with Crippen molar-refractivity contribution in [3.8, 4) is 0 Å². The van der Waals surface area contributed by atoms with Crippen molar-refractivity contribution in [2.45, 2.75) is 47.0 Å². The zero-order valence-electron chi connectivity index (χ0n) is 9.85. The summed E-state index contributed by atoms with van der Waals surface area (Å²) in [7, 11) is 0. The third-order valence-corrected chi connectivity index (χ3v) is 4.20. The molecule has 1 radical (unpaired) electrons. The van der Waals surface area contributed by atoms with E-state index in [9.17, 15) is 0 Å². The molecule has 0 spiro atoms. The highest BCUT2D eigenvalue weighted by molar-refractivity contribution is 5.43. The molecule has 0 bridgehead atoms. The number of rotatable bonds is 0. The van der Waals surface area contributed by atoms with Crippen molar-refractivity contribution in [3.63, 3.8) is 0 Å². The van der Waals surface area contributed by atoms with Gasteiger partial charge in [-0.25, -0.2) is 0 Å². The second-order valence-electron chi connectivity index (χ2n) is 5.14. The molecule has 2 rings (SSSR count). The van der Waals surface area contributed by atoms with E-state index < -0.39 is 0 Å². The number of allylic oxidation sites excluding steroid dienone is 4. The van der Waals surface area contributed by atoms with Crippen LogP contribution in [-0.4, -0.2) is 0 Å². The van der Waals surface area contributed by atoms with Gasteiger partial charge in [-0.1, -0.05) is 36.1 Å². The van der Waals surface area contributed by atoms with Gasteiger partial charge >= 0.3 is 0 Å². The molecule has 0 aromatic heterocycles. The predicted molar refractivity (Wildman–Crippen MR) is 61.9 cm³/mol. The summed E-state index contributed by atoms with van der Waals surface area (Å²) in [6.07, 6.45) is 6.36. The van der Waals surface area contributed by atoms with Crippen LogP contribution in [0.25, 0.3) is 0 Å². The van der Waals surface area contributed by atoms with Crippen molar-refractivity contribution in [1.29, 1.82) is 0 Å². The topological polar surface area (TPSA) is 0 Å². The third kappa shape index (κ3) is 1.55. The molecule has 0 amide bonds. The fourth-order valence-electron chi connectivity index (χ4n) is 2.68. The summed E-state index contributed by atoms with van der Waals surface area (Å²) >= 11 is 0. The maximum absolute atomic E-state index is 2.43. The Morgan fingerprint density at radius 2 is 1.93 bits per heavy atom. The smallest absolute Gasteiger partial charge is 0.0113 e. The monoisotopic (exact) mass is 189 g/mol. The first kappa shape index (κ1) is 10.0. The largest absolute Gasteiger partial charge is 0.0697 e. The van der Waals surface area contributed by atoms with Crippen molar-refractivity contribution in [2.75, 3.05) is 0 Å². The van der Waals surface area contributed by atoms with E-state index in [1.807, 2.05) is 0 Å². The maximum Gasteiger partial charge on any atom is 0.0113 e. The van der Waals surface area contributed by atoms with Crippen molar-refractivity contribution in [3.05, 3.63) is 28.7 Å². The molecule has 0 saturated carbocycles. The molecule has 2 atom stereocenters.